The maximum atomic E-state index is 13.1. The lowest BCUT2D eigenvalue weighted by atomic mass is 10.1. The zero-order valence-corrected chi connectivity index (χ0v) is 20.1. The summed E-state index contributed by atoms with van der Waals surface area (Å²) in [6.45, 7) is 4.27. The highest BCUT2D eigenvalue weighted by Gasteiger charge is 2.19. The van der Waals surface area contributed by atoms with E-state index in [-0.39, 0.29) is 29.8 Å². The number of rotatable bonds is 6. The van der Waals surface area contributed by atoms with E-state index >= 15 is 0 Å². The number of halogens is 2. The molecule has 0 saturated carbocycles. The van der Waals surface area contributed by atoms with E-state index in [0.29, 0.717) is 0 Å². The first-order chi connectivity index (χ1) is 14.1. The summed E-state index contributed by atoms with van der Waals surface area (Å²) in [6, 6.07) is 12.7. The van der Waals surface area contributed by atoms with Crippen molar-refractivity contribution in [2.75, 3.05) is 58.9 Å². The van der Waals surface area contributed by atoms with Crippen molar-refractivity contribution < 1.29 is 13.9 Å². The minimum Gasteiger partial charge on any atom is -0.493 e. The number of nitrogens with one attached hydrogen (secondary N) is 1. The molecule has 2 aromatic carbocycles. The van der Waals surface area contributed by atoms with Gasteiger partial charge in [0.1, 0.15) is 5.82 Å². The maximum Gasteiger partial charge on any atom is 0.193 e. The molecule has 1 saturated heterocycles. The predicted octanol–water partition coefficient (Wildman–Crippen LogP) is 3.40. The first-order valence-electron chi connectivity index (χ1n) is 9.81. The smallest absolute Gasteiger partial charge is 0.193 e. The van der Waals surface area contributed by atoms with Gasteiger partial charge in [-0.15, -0.1) is 24.0 Å². The van der Waals surface area contributed by atoms with Gasteiger partial charge < -0.3 is 24.6 Å². The summed E-state index contributed by atoms with van der Waals surface area (Å²) in [5, 5.41) is 3.45. The molecule has 0 aromatic heterocycles. The van der Waals surface area contributed by atoms with Gasteiger partial charge in [-0.3, -0.25) is 4.99 Å². The van der Waals surface area contributed by atoms with Crippen LogP contribution in [0.25, 0.3) is 0 Å². The number of nitrogens with zero attached hydrogens (tertiary/aromatic N) is 3. The Kier molecular flexibility index (Phi) is 9.48. The fourth-order valence-electron chi connectivity index (χ4n) is 3.52. The van der Waals surface area contributed by atoms with Gasteiger partial charge in [0.15, 0.2) is 17.5 Å². The Labute approximate surface area is 195 Å². The molecule has 0 radical (unpaired) electrons. The van der Waals surface area contributed by atoms with Crippen LogP contribution in [0.1, 0.15) is 5.56 Å². The van der Waals surface area contributed by atoms with E-state index < -0.39 is 0 Å². The molecule has 30 heavy (non-hydrogen) atoms. The Balaban J connectivity index is 0.00000320. The van der Waals surface area contributed by atoms with Crippen molar-refractivity contribution in [1.29, 1.82) is 0 Å². The number of aliphatic imine (C=N–C) groups is 1. The fraction of sp³-hybridized carbons (Fsp3) is 0.409. The highest BCUT2D eigenvalue weighted by Crippen LogP contribution is 2.27. The van der Waals surface area contributed by atoms with Crippen LogP contribution in [0, 0.1) is 5.82 Å². The van der Waals surface area contributed by atoms with E-state index in [1.54, 1.807) is 14.2 Å². The number of benzene rings is 2. The van der Waals surface area contributed by atoms with Crippen LogP contribution in [0.2, 0.25) is 0 Å². The molecule has 1 aliphatic heterocycles. The highest BCUT2D eigenvalue weighted by molar-refractivity contribution is 14.0. The second-order valence-electron chi connectivity index (χ2n) is 6.86. The first kappa shape index (κ1) is 24.0. The maximum absolute atomic E-state index is 13.1. The van der Waals surface area contributed by atoms with E-state index in [0.717, 1.165) is 62.3 Å². The molecule has 8 heteroatoms. The van der Waals surface area contributed by atoms with Crippen LogP contribution >= 0.6 is 24.0 Å². The fourth-order valence-corrected chi connectivity index (χ4v) is 3.52. The number of hydrogen-bond acceptors (Lipinski definition) is 4. The van der Waals surface area contributed by atoms with Crippen molar-refractivity contribution in [3.63, 3.8) is 0 Å². The lowest BCUT2D eigenvalue weighted by molar-refractivity contribution is 0.354. The number of ether oxygens (including phenoxy) is 2. The zero-order chi connectivity index (χ0) is 20.6. The second kappa shape index (κ2) is 11.8. The molecule has 1 heterocycles. The lowest BCUT2D eigenvalue weighted by Gasteiger charge is -2.37. The van der Waals surface area contributed by atoms with Gasteiger partial charge in [0, 0.05) is 45.5 Å². The number of anilines is 1. The summed E-state index contributed by atoms with van der Waals surface area (Å²) in [4.78, 5) is 8.96. The number of methoxy groups -OCH3 is 2. The quantitative estimate of drug-likeness (QED) is 0.354. The molecule has 6 nitrogen and oxygen atoms in total. The molecule has 1 aliphatic rings. The van der Waals surface area contributed by atoms with Crippen molar-refractivity contribution >= 4 is 35.6 Å². The van der Waals surface area contributed by atoms with Gasteiger partial charge in [-0.25, -0.2) is 4.39 Å². The van der Waals surface area contributed by atoms with E-state index in [4.69, 9.17) is 9.47 Å². The number of hydrogen-bond donors (Lipinski definition) is 1. The van der Waals surface area contributed by atoms with Crippen molar-refractivity contribution in [2.45, 2.75) is 6.42 Å². The molecule has 0 aliphatic carbocycles. The SMILES string of the molecule is CN=C(NCCc1ccc(OC)c(OC)c1)N1CCN(c2ccc(F)cc2)CC1.I. The Morgan fingerprint density at radius 3 is 2.27 bits per heavy atom. The van der Waals surface area contributed by atoms with Crippen LogP contribution < -0.4 is 19.7 Å². The Hall–Kier alpha value is -2.23. The molecule has 164 valence electrons. The largest absolute Gasteiger partial charge is 0.493 e. The topological polar surface area (TPSA) is 49.3 Å². The van der Waals surface area contributed by atoms with Crippen LogP contribution in [0.3, 0.4) is 0 Å². The monoisotopic (exact) mass is 528 g/mol. The standard InChI is InChI=1S/C22H29FN4O2.HI/c1-24-22(25-11-10-17-4-9-20(28-2)21(16-17)29-3)27-14-12-26(13-15-27)19-7-5-18(23)6-8-19;/h4-9,16H,10-15H2,1-3H3,(H,24,25);1H. The predicted molar refractivity (Wildman–Crippen MR) is 130 cm³/mol. The lowest BCUT2D eigenvalue weighted by Crippen LogP contribution is -2.52. The first-order valence-corrected chi connectivity index (χ1v) is 9.81. The van der Waals surface area contributed by atoms with Crippen molar-refractivity contribution in [2.24, 2.45) is 4.99 Å². The van der Waals surface area contributed by atoms with Crippen molar-refractivity contribution in [1.82, 2.24) is 10.2 Å². The Morgan fingerprint density at radius 2 is 1.67 bits per heavy atom. The third-order valence-electron chi connectivity index (χ3n) is 5.13. The van der Waals surface area contributed by atoms with E-state index in [9.17, 15) is 4.39 Å². The van der Waals surface area contributed by atoms with E-state index in [1.807, 2.05) is 37.4 Å². The minimum absolute atomic E-state index is 0. The molecule has 0 amide bonds. The molecule has 3 rings (SSSR count). The molecular formula is C22H30FIN4O2. The highest BCUT2D eigenvalue weighted by atomic mass is 127. The van der Waals surface area contributed by atoms with Gasteiger partial charge in [0.2, 0.25) is 0 Å². The average Bonchev–Trinajstić information content (AvgIpc) is 2.77. The second-order valence-corrected chi connectivity index (χ2v) is 6.86. The third kappa shape index (κ3) is 6.13. The van der Waals surface area contributed by atoms with Crippen molar-refractivity contribution in [3.8, 4) is 11.5 Å². The van der Waals surface area contributed by atoms with Gasteiger partial charge in [0.05, 0.1) is 14.2 Å². The molecule has 1 N–H and O–H groups in total. The van der Waals surface area contributed by atoms with Gasteiger partial charge in [-0.05, 0) is 48.4 Å². The molecule has 0 spiro atoms. The van der Waals surface area contributed by atoms with Gasteiger partial charge >= 0.3 is 0 Å². The van der Waals surface area contributed by atoms with Crippen molar-refractivity contribution in [3.05, 3.63) is 53.8 Å². The summed E-state index contributed by atoms with van der Waals surface area (Å²) < 4.78 is 23.8. The summed E-state index contributed by atoms with van der Waals surface area (Å²) in [6.07, 6.45) is 0.856. The minimum atomic E-state index is -0.202. The average molecular weight is 528 g/mol. The van der Waals surface area contributed by atoms with Crippen LogP contribution in [-0.4, -0.2) is 64.9 Å². The third-order valence-corrected chi connectivity index (χ3v) is 5.13. The zero-order valence-electron chi connectivity index (χ0n) is 17.7. The molecule has 0 atom stereocenters. The normalized spacial score (nSPS) is 14.2. The molecule has 1 fully saturated rings. The molecule has 0 unspecified atom stereocenters. The molecular weight excluding hydrogens is 498 g/mol. The van der Waals surface area contributed by atoms with Crippen LogP contribution in [0.4, 0.5) is 10.1 Å². The van der Waals surface area contributed by atoms with Crippen LogP contribution in [0.5, 0.6) is 11.5 Å². The van der Waals surface area contributed by atoms with Gasteiger partial charge in [-0.1, -0.05) is 6.07 Å². The van der Waals surface area contributed by atoms with Crippen LogP contribution in [-0.2, 0) is 6.42 Å². The number of piperazine rings is 1. The van der Waals surface area contributed by atoms with E-state index in [1.165, 1.54) is 17.7 Å². The summed E-state index contributed by atoms with van der Waals surface area (Å²) in [5.74, 6) is 2.18. The molecule has 2 aromatic rings. The summed E-state index contributed by atoms with van der Waals surface area (Å²) in [5.41, 5.74) is 2.23. The molecule has 0 bridgehead atoms. The van der Waals surface area contributed by atoms with Crippen LogP contribution in [0.15, 0.2) is 47.5 Å². The summed E-state index contributed by atoms with van der Waals surface area (Å²) in [7, 11) is 5.09. The van der Waals surface area contributed by atoms with Gasteiger partial charge in [-0.2, -0.15) is 0 Å². The Bertz CT molecular complexity index is 824. The summed E-state index contributed by atoms with van der Waals surface area (Å²) >= 11 is 0. The van der Waals surface area contributed by atoms with E-state index in [2.05, 4.69) is 20.1 Å². The van der Waals surface area contributed by atoms with Gasteiger partial charge in [0.25, 0.3) is 0 Å². The number of guanidine groups is 1. The Morgan fingerprint density at radius 1 is 1.00 bits per heavy atom.